The van der Waals surface area contributed by atoms with Crippen molar-refractivity contribution >= 4 is 38.3 Å². The predicted octanol–water partition coefficient (Wildman–Crippen LogP) is 5.48. The first kappa shape index (κ1) is 14.5. The standard InChI is InChI=1S/C17H11BrClFO/c18-14-7-5-10(9-16(14)20)17(21)13-6-8-15(19)12-4-2-1-3-11(12)13/h1-9,17,21H. The van der Waals surface area contributed by atoms with Crippen molar-refractivity contribution in [2.75, 3.05) is 0 Å². The second kappa shape index (κ2) is 5.76. The summed E-state index contributed by atoms with van der Waals surface area (Å²) in [6.07, 6.45) is -0.908. The molecule has 0 aliphatic rings. The Kier molecular flexibility index (Phi) is 3.98. The number of hydrogen-bond acceptors (Lipinski definition) is 1. The minimum atomic E-state index is -0.908. The topological polar surface area (TPSA) is 20.2 Å². The maximum Gasteiger partial charge on any atom is 0.137 e. The van der Waals surface area contributed by atoms with Gasteiger partial charge in [-0.1, -0.05) is 48.0 Å². The lowest BCUT2D eigenvalue weighted by atomic mass is 9.96. The highest BCUT2D eigenvalue weighted by Crippen LogP contribution is 2.33. The van der Waals surface area contributed by atoms with Crippen LogP contribution in [0.2, 0.25) is 5.02 Å². The van der Waals surface area contributed by atoms with Crippen LogP contribution in [0.15, 0.2) is 59.1 Å². The highest BCUT2D eigenvalue weighted by atomic mass is 79.9. The Morgan fingerprint density at radius 1 is 1.00 bits per heavy atom. The second-order valence-corrected chi connectivity index (χ2v) is 6.02. The molecule has 0 heterocycles. The Hall–Kier alpha value is -1.42. The van der Waals surface area contributed by atoms with E-state index in [4.69, 9.17) is 11.6 Å². The zero-order valence-electron chi connectivity index (χ0n) is 10.9. The van der Waals surface area contributed by atoms with Crippen LogP contribution in [0.25, 0.3) is 10.8 Å². The van der Waals surface area contributed by atoms with Crippen LogP contribution in [0.1, 0.15) is 17.2 Å². The normalized spacial score (nSPS) is 12.6. The van der Waals surface area contributed by atoms with Gasteiger partial charge in [-0.2, -0.15) is 0 Å². The summed E-state index contributed by atoms with van der Waals surface area (Å²) in [5, 5.41) is 12.9. The number of aliphatic hydroxyl groups excluding tert-OH is 1. The summed E-state index contributed by atoms with van der Waals surface area (Å²) in [4.78, 5) is 0. The first-order chi connectivity index (χ1) is 10.1. The molecule has 0 aliphatic carbocycles. The zero-order valence-corrected chi connectivity index (χ0v) is 13.2. The molecular formula is C17H11BrClFO. The van der Waals surface area contributed by atoms with Gasteiger partial charge in [0.25, 0.3) is 0 Å². The average Bonchev–Trinajstić information content (AvgIpc) is 2.50. The summed E-state index contributed by atoms with van der Waals surface area (Å²) in [5.41, 5.74) is 1.21. The molecule has 1 N–H and O–H groups in total. The van der Waals surface area contributed by atoms with Gasteiger partial charge in [0.05, 0.1) is 4.47 Å². The summed E-state index contributed by atoms with van der Waals surface area (Å²) >= 11 is 9.29. The number of hydrogen-bond donors (Lipinski definition) is 1. The molecule has 0 saturated heterocycles. The molecule has 1 atom stereocenters. The fourth-order valence-electron chi connectivity index (χ4n) is 2.39. The van der Waals surface area contributed by atoms with Gasteiger partial charge in [-0.15, -0.1) is 0 Å². The maximum absolute atomic E-state index is 13.7. The third kappa shape index (κ3) is 2.69. The van der Waals surface area contributed by atoms with Crippen LogP contribution in [-0.4, -0.2) is 5.11 Å². The molecule has 0 aliphatic heterocycles. The van der Waals surface area contributed by atoms with Gasteiger partial charge in [0, 0.05) is 10.4 Å². The monoisotopic (exact) mass is 364 g/mol. The Balaban J connectivity index is 2.15. The van der Waals surface area contributed by atoms with E-state index in [-0.39, 0.29) is 0 Å². The van der Waals surface area contributed by atoms with Crippen LogP contribution < -0.4 is 0 Å². The minimum Gasteiger partial charge on any atom is -0.384 e. The van der Waals surface area contributed by atoms with Gasteiger partial charge in [0.2, 0.25) is 0 Å². The van der Waals surface area contributed by atoms with Gasteiger partial charge in [-0.3, -0.25) is 0 Å². The molecule has 0 saturated carbocycles. The smallest absolute Gasteiger partial charge is 0.137 e. The molecule has 0 fully saturated rings. The third-order valence-electron chi connectivity index (χ3n) is 3.46. The first-order valence-electron chi connectivity index (χ1n) is 6.38. The van der Waals surface area contributed by atoms with Crippen LogP contribution in [-0.2, 0) is 0 Å². The lowest BCUT2D eigenvalue weighted by molar-refractivity contribution is 0.221. The van der Waals surface area contributed by atoms with Crippen LogP contribution in [0.3, 0.4) is 0 Å². The molecule has 4 heteroatoms. The number of rotatable bonds is 2. The first-order valence-corrected chi connectivity index (χ1v) is 7.55. The third-order valence-corrected chi connectivity index (χ3v) is 4.43. The fourth-order valence-corrected chi connectivity index (χ4v) is 2.86. The van der Waals surface area contributed by atoms with Crippen molar-refractivity contribution in [3.05, 3.63) is 81.0 Å². The van der Waals surface area contributed by atoms with E-state index in [1.807, 2.05) is 24.3 Å². The van der Waals surface area contributed by atoms with Gasteiger partial charge in [0.1, 0.15) is 11.9 Å². The molecule has 1 nitrogen and oxygen atoms in total. The van der Waals surface area contributed by atoms with Crippen molar-refractivity contribution in [1.29, 1.82) is 0 Å². The van der Waals surface area contributed by atoms with E-state index in [0.717, 1.165) is 10.8 Å². The second-order valence-electron chi connectivity index (χ2n) is 4.76. The SMILES string of the molecule is OC(c1ccc(Br)c(F)c1)c1ccc(Cl)c2ccccc12. The van der Waals surface area contributed by atoms with Crippen molar-refractivity contribution in [1.82, 2.24) is 0 Å². The van der Waals surface area contributed by atoms with Crippen molar-refractivity contribution in [3.8, 4) is 0 Å². The number of fused-ring (bicyclic) bond motifs is 1. The largest absolute Gasteiger partial charge is 0.384 e. The molecule has 0 radical (unpaired) electrons. The lowest BCUT2D eigenvalue weighted by Crippen LogP contribution is -2.01. The minimum absolute atomic E-state index is 0.374. The molecule has 0 spiro atoms. The van der Waals surface area contributed by atoms with E-state index in [1.54, 1.807) is 24.3 Å². The van der Waals surface area contributed by atoms with E-state index in [2.05, 4.69) is 15.9 Å². The highest BCUT2D eigenvalue weighted by Gasteiger charge is 2.16. The summed E-state index contributed by atoms with van der Waals surface area (Å²) in [6, 6.07) is 15.7. The van der Waals surface area contributed by atoms with Gasteiger partial charge in [0.15, 0.2) is 0 Å². The molecule has 0 aromatic heterocycles. The Morgan fingerprint density at radius 2 is 1.71 bits per heavy atom. The molecule has 3 aromatic carbocycles. The van der Waals surface area contributed by atoms with Crippen molar-refractivity contribution in [2.24, 2.45) is 0 Å². The van der Waals surface area contributed by atoms with Crippen molar-refractivity contribution in [2.45, 2.75) is 6.10 Å². The van der Waals surface area contributed by atoms with Gasteiger partial charge in [-0.05, 0) is 50.6 Å². The van der Waals surface area contributed by atoms with Crippen LogP contribution in [0, 0.1) is 5.82 Å². The van der Waals surface area contributed by atoms with Gasteiger partial charge >= 0.3 is 0 Å². The molecule has 3 rings (SSSR count). The molecule has 0 bridgehead atoms. The molecule has 3 aromatic rings. The van der Waals surface area contributed by atoms with Crippen LogP contribution in [0.5, 0.6) is 0 Å². The van der Waals surface area contributed by atoms with Crippen molar-refractivity contribution < 1.29 is 9.50 Å². The van der Waals surface area contributed by atoms with Crippen LogP contribution >= 0.6 is 27.5 Å². The van der Waals surface area contributed by atoms with Gasteiger partial charge < -0.3 is 5.11 Å². The quantitative estimate of drug-likeness (QED) is 0.638. The number of benzene rings is 3. The predicted molar refractivity (Wildman–Crippen MR) is 87.1 cm³/mol. The van der Waals surface area contributed by atoms with Gasteiger partial charge in [-0.25, -0.2) is 4.39 Å². The Morgan fingerprint density at radius 3 is 2.43 bits per heavy atom. The molecule has 0 amide bonds. The Bertz CT molecular complexity index is 819. The van der Waals surface area contributed by atoms with E-state index >= 15 is 0 Å². The van der Waals surface area contributed by atoms with Crippen LogP contribution in [0.4, 0.5) is 4.39 Å². The molecular weight excluding hydrogens is 355 g/mol. The maximum atomic E-state index is 13.7. The number of aliphatic hydroxyl groups is 1. The highest BCUT2D eigenvalue weighted by molar-refractivity contribution is 9.10. The molecule has 106 valence electrons. The van der Waals surface area contributed by atoms with Crippen molar-refractivity contribution in [3.63, 3.8) is 0 Å². The summed E-state index contributed by atoms with van der Waals surface area (Å²) in [5.74, 6) is -0.398. The summed E-state index contributed by atoms with van der Waals surface area (Å²) in [7, 11) is 0. The summed E-state index contributed by atoms with van der Waals surface area (Å²) in [6.45, 7) is 0. The van der Waals surface area contributed by atoms with E-state index < -0.39 is 11.9 Å². The van der Waals surface area contributed by atoms with E-state index in [1.165, 1.54) is 6.07 Å². The lowest BCUT2D eigenvalue weighted by Gasteiger charge is -2.15. The fraction of sp³-hybridized carbons (Fsp3) is 0.0588. The Labute approximate surface area is 135 Å². The van der Waals surface area contributed by atoms with E-state index in [9.17, 15) is 9.50 Å². The number of halogens is 3. The molecule has 1 unspecified atom stereocenters. The molecule has 21 heavy (non-hydrogen) atoms. The average molecular weight is 366 g/mol. The van der Waals surface area contributed by atoms with E-state index in [0.29, 0.717) is 20.6 Å². The zero-order chi connectivity index (χ0) is 15.0. The summed E-state index contributed by atoms with van der Waals surface area (Å²) < 4.78 is 14.0.